The van der Waals surface area contributed by atoms with E-state index >= 15 is 0 Å². The molecule has 0 bridgehead atoms. The molecule has 1 aromatic rings. The van der Waals surface area contributed by atoms with Crippen molar-refractivity contribution in [1.82, 2.24) is 0 Å². The smallest absolute Gasteiger partial charge is 0.203 e. The Labute approximate surface area is 103 Å². The average Bonchev–Trinajstić information content (AvgIpc) is 2.35. The summed E-state index contributed by atoms with van der Waals surface area (Å²) in [7, 11) is 1.63. The number of alkyl halides is 1. The topological polar surface area (TPSA) is 27.7 Å². The lowest BCUT2D eigenvalue weighted by molar-refractivity contribution is 0.165. The molecule has 16 heavy (non-hydrogen) atoms. The third-order valence-corrected chi connectivity index (χ3v) is 2.62. The van der Waals surface area contributed by atoms with Crippen molar-refractivity contribution >= 4 is 22.0 Å². The van der Waals surface area contributed by atoms with Crippen molar-refractivity contribution in [3.63, 3.8) is 0 Å². The van der Waals surface area contributed by atoms with E-state index < -0.39 is 0 Å². The summed E-state index contributed by atoms with van der Waals surface area (Å²) in [6, 6.07) is 3.89. The minimum atomic E-state index is 0.569. The van der Waals surface area contributed by atoms with Gasteiger partial charge in [0.05, 0.1) is 7.11 Å². The Morgan fingerprint density at radius 2 is 2.19 bits per heavy atom. The van der Waals surface area contributed by atoms with Crippen molar-refractivity contribution in [1.29, 1.82) is 0 Å². The number of benzene rings is 1. The Kier molecular flexibility index (Phi) is 3.72. The van der Waals surface area contributed by atoms with Gasteiger partial charge in [-0.25, -0.2) is 0 Å². The summed E-state index contributed by atoms with van der Waals surface area (Å²) in [6.45, 7) is 1.15. The summed E-state index contributed by atoms with van der Waals surface area (Å²) in [4.78, 5) is 0. The van der Waals surface area contributed by atoms with Crippen LogP contribution < -0.4 is 14.2 Å². The molecule has 0 unspecified atom stereocenters. The van der Waals surface area contributed by atoms with Crippen LogP contribution in [0.4, 0.5) is 0 Å². The molecule has 1 aliphatic heterocycles. The van der Waals surface area contributed by atoms with E-state index in [1.165, 1.54) is 0 Å². The van der Waals surface area contributed by atoms with Crippen molar-refractivity contribution in [2.24, 2.45) is 0 Å². The van der Waals surface area contributed by atoms with Gasteiger partial charge >= 0.3 is 0 Å². The van der Waals surface area contributed by atoms with Gasteiger partial charge in [-0.15, -0.1) is 0 Å². The summed E-state index contributed by atoms with van der Waals surface area (Å²) in [5.74, 6) is 2.16. The monoisotopic (exact) mass is 284 g/mol. The fourth-order valence-corrected chi connectivity index (χ4v) is 1.76. The zero-order valence-electron chi connectivity index (χ0n) is 9.03. The zero-order valence-corrected chi connectivity index (χ0v) is 10.6. The molecule has 0 saturated carbocycles. The number of halogens is 1. The second-order valence-corrected chi connectivity index (χ2v) is 3.95. The lowest BCUT2D eigenvalue weighted by Crippen LogP contribution is -2.16. The van der Waals surface area contributed by atoms with E-state index in [4.69, 9.17) is 14.2 Å². The molecule has 0 fully saturated rings. The first kappa shape index (κ1) is 11.3. The van der Waals surface area contributed by atoms with Crippen LogP contribution in [-0.2, 0) is 0 Å². The molecule has 1 heterocycles. The second kappa shape index (κ2) is 5.25. The van der Waals surface area contributed by atoms with Crippen LogP contribution in [0.1, 0.15) is 5.56 Å². The third kappa shape index (κ3) is 2.32. The molecule has 0 aromatic heterocycles. The molecule has 4 heteroatoms. The third-order valence-electron chi connectivity index (χ3n) is 2.25. The van der Waals surface area contributed by atoms with Crippen molar-refractivity contribution in [3.8, 4) is 17.2 Å². The van der Waals surface area contributed by atoms with Crippen LogP contribution >= 0.6 is 15.9 Å². The molecule has 0 radical (unpaired) electrons. The van der Waals surface area contributed by atoms with Gasteiger partial charge in [0.1, 0.15) is 13.2 Å². The highest BCUT2D eigenvalue weighted by Crippen LogP contribution is 2.40. The minimum absolute atomic E-state index is 0.569. The maximum atomic E-state index is 5.54. The van der Waals surface area contributed by atoms with E-state index in [9.17, 15) is 0 Å². The fourth-order valence-electron chi connectivity index (χ4n) is 1.57. The van der Waals surface area contributed by atoms with Gasteiger partial charge in [0.15, 0.2) is 11.5 Å². The second-order valence-electron chi connectivity index (χ2n) is 3.30. The van der Waals surface area contributed by atoms with E-state index in [0.717, 1.165) is 16.6 Å². The molecule has 0 spiro atoms. The van der Waals surface area contributed by atoms with Crippen molar-refractivity contribution < 1.29 is 14.2 Å². The number of ether oxygens (including phenoxy) is 3. The normalized spacial score (nSPS) is 14.1. The van der Waals surface area contributed by atoms with Crippen molar-refractivity contribution in [2.45, 2.75) is 0 Å². The quantitative estimate of drug-likeness (QED) is 0.799. The fraction of sp³-hybridized carbons (Fsp3) is 0.333. The molecule has 0 amide bonds. The molecule has 0 N–H and O–H groups in total. The van der Waals surface area contributed by atoms with Gasteiger partial charge in [0.2, 0.25) is 5.75 Å². The van der Waals surface area contributed by atoms with Crippen LogP contribution in [0.3, 0.4) is 0 Å². The van der Waals surface area contributed by atoms with Crippen LogP contribution in [0.2, 0.25) is 0 Å². The van der Waals surface area contributed by atoms with Crippen LogP contribution in [-0.4, -0.2) is 25.7 Å². The van der Waals surface area contributed by atoms with E-state index in [0.29, 0.717) is 24.7 Å². The Hall–Kier alpha value is -1.16. The van der Waals surface area contributed by atoms with Crippen molar-refractivity contribution in [2.75, 3.05) is 25.7 Å². The molecule has 0 atom stereocenters. The summed E-state index contributed by atoms with van der Waals surface area (Å²) in [5, 5.41) is 0.823. The van der Waals surface area contributed by atoms with Crippen LogP contribution in [0.15, 0.2) is 18.2 Å². The zero-order chi connectivity index (χ0) is 11.4. The standard InChI is InChI=1S/C12H13BrO3/c1-14-10-7-9(3-2-4-13)8-11-12(10)16-6-5-15-11/h2-3,7-8H,4-6H2,1H3. The highest BCUT2D eigenvalue weighted by Gasteiger charge is 2.17. The molecule has 86 valence electrons. The highest BCUT2D eigenvalue weighted by atomic mass is 79.9. The van der Waals surface area contributed by atoms with Gasteiger partial charge in [-0.2, -0.15) is 0 Å². The molecule has 1 aromatic carbocycles. The van der Waals surface area contributed by atoms with Crippen molar-refractivity contribution in [3.05, 3.63) is 23.8 Å². The number of methoxy groups -OCH3 is 1. The first-order chi connectivity index (χ1) is 7.85. The van der Waals surface area contributed by atoms with E-state index in [2.05, 4.69) is 15.9 Å². The van der Waals surface area contributed by atoms with Gasteiger partial charge in [0, 0.05) is 5.33 Å². The lowest BCUT2D eigenvalue weighted by atomic mass is 10.1. The van der Waals surface area contributed by atoms with E-state index in [-0.39, 0.29) is 0 Å². The van der Waals surface area contributed by atoms with Gasteiger partial charge < -0.3 is 14.2 Å². The molecule has 3 nitrogen and oxygen atoms in total. The maximum absolute atomic E-state index is 5.54. The summed E-state index contributed by atoms with van der Waals surface area (Å²) < 4.78 is 16.3. The molecular weight excluding hydrogens is 272 g/mol. The first-order valence-corrected chi connectivity index (χ1v) is 6.17. The average molecular weight is 285 g/mol. The Morgan fingerprint density at radius 1 is 1.38 bits per heavy atom. The van der Waals surface area contributed by atoms with Gasteiger partial charge in [-0.1, -0.05) is 28.1 Å². The summed E-state index contributed by atoms with van der Waals surface area (Å²) in [6.07, 6.45) is 4.03. The molecule has 0 saturated heterocycles. The maximum Gasteiger partial charge on any atom is 0.203 e. The van der Waals surface area contributed by atoms with Gasteiger partial charge in [0.25, 0.3) is 0 Å². The number of allylic oxidation sites excluding steroid dienone is 1. The molecule has 0 aliphatic carbocycles. The highest BCUT2D eigenvalue weighted by molar-refractivity contribution is 9.09. The van der Waals surface area contributed by atoms with Crippen LogP contribution in [0.5, 0.6) is 17.2 Å². The molecular formula is C12H13BrO3. The van der Waals surface area contributed by atoms with E-state index in [1.807, 2.05) is 24.3 Å². The first-order valence-electron chi connectivity index (χ1n) is 5.05. The Morgan fingerprint density at radius 3 is 2.94 bits per heavy atom. The number of hydrogen-bond donors (Lipinski definition) is 0. The van der Waals surface area contributed by atoms with Crippen LogP contribution in [0.25, 0.3) is 6.08 Å². The Bertz CT molecular complexity index is 384. The number of hydrogen-bond acceptors (Lipinski definition) is 3. The molecule has 2 rings (SSSR count). The largest absolute Gasteiger partial charge is 0.493 e. The number of fused-ring (bicyclic) bond motifs is 1. The van der Waals surface area contributed by atoms with Crippen LogP contribution in [0, 0.1) is 0 Å². The SMILES string of the molecule is COc1cc(C=CCBr)cc2c1OCCO2. The minimum Gasteiger partial charge on any atom is -0.493 e. The lowest BCUT2D eigenvalue weighted by Gasteiger charge is -2.20. The van der Waals surface area contributed by atoms with Gasteiger partial charge in [-0.05, 0) is 17.7 Å². The Balaban J connectivity index is 2.39. The summed E-state index contributed by atoms with van der Waals surface area (Å²) in [5.41, 5.74) is 1.04. The van der Waals surface area contributed by atoms with Gasteiger partial charge in [-0.3, -0.25) is 0 Å². The predicted molar refractivity (Wildman–Crippen MR) is 66.8 cm³/mol. The number of rotatable bonds is 3. The summed E-state index contributed by atoms with van der Waals surface area (Å²) >= 11 is 3.34. The predicted octanol–water partition coefficient (Wildman–Crippen LogP) is 2.87. The van der Waals surface area contributed by atoms with E-state index in [1.54, 1.807) is 7.11 Å². The molecule has 1 aliphatic rings.